The van der Waals surface area contributed by atoms with Crippen molar-refractivity contribution >= 4 is 7.60 Å². The van der Waals surface area contributed by atoms with E-state index in [0.29, 0.717) is 19.8 Å². The number of hydrogen-bond acceptors (Lipinski definition) is 5. The van der Waals surface area contributed by atoms with Gasteiger partial charge in [-0.2, -0.15) is 0 Å². The lowest BCUT2D eigenvalue weighted by atomic mass is 10.1. The topological polar surface area (TPSA) is 48.0 Å². The van der Waals surface area contributed by atoms with Crippen molar-refractivity contribution in [2.45, 2.75) is 44.7 Å². The molecule has 0 bridgehead atoms. The molecule has 0 aromatic heterocycles. The molecule has 3 rings (SSSR count). The molecule has 1 aromatic carbocycles. The third kappa shape index (κ3) is 2.89. The Hall–Kier alpha value is -0.710. The number of rotatable bonds is 6. The molecule has 0 spiro atoms. The average Bonchev–Trinajstić information content (AvgIpc) is 3.10. The van der Waals surface area contributed by atoms with Crippen LogP contribution in [0.4, 0.5) is 0 Å². The number of nitrogens with zero attached hydrogens (tertiary/aromatic N) is 1. The van der Waals surface area contributed by atoms with Crippen molar-refractivity contribution in [3.63, 3.8) is 0 Å². The second kappa shape index (κ2) is 6.81. The first-order valence-corrected chi connectivity index (χ1v) is 9.63. The fourth-order valence-corrected chi connectivity index (χ4v) is 5.72. The van der Waals surface area contributed by atoms with Crippen molar-refractivity contribution in [2.75, 3.05) is 19.8 Å². The molecule has 0 saturated carbocycles. The summed E-state index contributed by atoms with van der Waals surface area (Å²) in [5, 5.41) is 0. The molecule has 2 fully saturated rings. The summed E-state index contributed by atoms with van der Waals surface area (Å²) in [5.74, 6) is -0.217. The van der Waals surface area contributed by atoms with Crippen molar-refractivity contribution in [1.29, 1.82) is 0 Å². The van der Waals surface area contributed by atoms with Gasteiger partial charge in [0.25, 0.3) is 0 Å². The smallest absolute Gasteiger partial charge is 0.347 e. The van der Waals surface area contributed by atoms with E-state index in [2.05, 4.69) is 17.0 Å². The van der Waals surface area contributed by atoms with Crippen LogP contribution in [0.5, 0.6) is 0 Å². The summed E-state index contributed by atoms with van der Waals surface area (Å²) in [6.45, 7) is 5.12. The first-order valence-electron chi connectivity index (χ1n) is 8.02. The monoisotopic (exact) mass is 325 g/mol. The molecule has 22 heavy (non-hydrogen) atoms. The van der Waals surface area contributed by atoms with Gasteiger partial charge in [0.1, 0.15) is 12.0 Å². The van der Waals surface area contributed by atoms with E-state index in [9.17, 15) is 4.57 Å². The number of benzene rings is 1. The first kappa shape index (κ1) is 16.2. The van der Waals surface area contributed by atoms with E-state index in [-0.39, 0.29) is 18.1 Å². The third-order valence-corrected chi connectivity index (χ3v) is 6.81. The molecule has 0 radical (unpaired) electrons. The standard InChI is InChI=1S/C16H24NO4P/c1-3-20-22(18,21-4-2)16-11-10-15-17(16)14(12-19-15)13-8-6-5-7-9-13/h5-9,14-16H,3-4,10-12H2,1-2H3/t14-,15-,16-/m0/s1. The van der Waals surface area contributed by atoms with E-state index >= 15 is 0 Å². The van der Waals surface area contributed by atoms with E-state index < -0.39 is 7.60 Å². The summed E-state index contributed by atoms with van der Waals surface area (Å²) < 4.78 is 30.3. The minimum absolute atomic E-state index is 0.0180. The maximum absolute atomic E-state index is 13.2. The second-order valence-corrected chi connectivity index (χ2v) is 7.79. The van der Waals surface area contributed by atoms with E-state index in [0.717, 1.165) is 12.8 Å². The maximum Gasteiger partial charge on any atom is 0.347 e. The van der Waals surface area contributed by atoms with E-state index in [1.807, 2.05) is 32.0 Å². The Kier molecular flexibility index (Phi) is 5.00. The lowest BCUT2D eigenvalue weighted by molar-refractivity contribution is 0.0499. The SMILES string of the molecule is CCOP(=O)(OCC)[C@H]1CC[C@@H]2OC[C@@H](c3ccccc3)N21. The van der Waals surface area contributed by atoms with Crippen molar-refractivity contribution in [3.8, 4) is 0 Å². The maximum atomic E-state index is 13.2. The lowest BCUT2D eigenvalue weighted by Crippen LogP contribution is -2.35. The van der Waals surface area contributed by atoms with Gasteiger partial charge in [-0.3, -0.25) is 9.46 Å². The van der Waals surface area contributed by atoms with Gasteiger partial charge in [-0.05, 0) is 32.3 Å². The predicted molar refractivity (Wildman–Crippen MR) is 84.6 cm³/mol. The van der Waals surface area contributed by atoms with Gasteiger partial charge in [0.15, 0.2) is 0 Å². The lowest BCUT2D eigenvalue weighted by Gasteiger charge is -2.33. The Bertz CT molecular complexity index is 528. The van der Waals surface area contributed by atoms with Crippen LogP contribution < -0.4 is 0 Å². The zero-order chi connectivity index (χ0) is 15.6. The molecule has 2 saturated heterocycles. The van der Waals surface area contributed by atoms with Crippen LogP contribution in [0.25, 0.3) is 0 Å². The molecule has 5 nitrogen and oxygen atoms in total. The Morgan fingerprint density at radius 1 is 1.18 bits per heavy atom. The van der Waals surface area contributed by atoms with Gasteiger partial charge in [-0.25, -0.2) is 0 Å². The molecule has 1 aromatic rings. The Morgan fingerprint density at radius 2 is 1.86 bits per heavy atom. The van der Waals surface area contributed by atoms with Crippen LogP contribution >= 0.6 is 7.60 Å². The Balaban J connectivity index is 1.88. The summed E-state index contributed by atoms with van der Waals surface area (Å²) in [5.41, 5.74) is 1.19. The molecule has 0 amide bonds. The highest BCUT2D eigenvalue weighted by molar-refractivity contribution is 7.54. The van der Waals surface area contributed by atoms with Gasteiger partial charge in [0, 0.05) is 0 Å². The summed E-state index contributed by atoms with van der Waals surface area (Å²) >= 11 is 0. The van der Waals surface area contributed by atoms with Crippen molar-refractivity contribution in [3.05, 3.63) is 35.9 Å². The minimum atomic E-state index is -3.15. The normalized spacial score (nSPS) is 28.9. The fraction of sp³-hybridized carbons (Fsp3) is 0.625. The van der Waals surface area contributed by atoms with Gasteiger partial charge in [0.05, 0.1) is 25.9 Å². The van der Waals surface area contributed by atoms with Gasteiger partial charge >= 0.3 is 7.60 Å². The van der Waals surface area contributed by atoms with Gasteiger partial charge in [-0.1, -0.05) is 30.3 Å². The fourth-order valence-electron chi connectivity index (χ4n) is 3.48. The van der Waals surface area contributed by atoms with Crippen molar-refractivity contribution in [1.82, 2.24) is 4.90 Å². The molecular weight excluding hydrogens is 301 g/mol. The summed E-state index contributed by atoms with van der Waals surface area (Å²) in [4.78, 5) is 2.21. The molecule has 6 heteroatoms. The summed E-state index contributed by atoms with van der Waals surface area (Å²) in [6, 6.07) is 10.4. The Labute approximate surface area is 132 Å². The highest BCUT2D eigenvalue weighted by atomic mass is 31.2. The molecule has 0 unspecified atom stereocenters. The van der Waals surface area contributed by atoms with Crippen LogP contribution in [-0.4, -0.2) is 36.7 Å². The molecule has 0 N–H and O–H groups in total. The predicted octanol–water partition coefficient (Wildman–Crippen LogP) is 3.77. The van der Waals surface area contributed by atoms with Crippen LogP contribution in [-0.2, 0) is 18.3 Å². The zero-order valence-corrected chi connectivity index (χ0v) is 14.1. The zero-order valence-electron chi connectivity index (χ0n) is 13.2. The highest BCUT2D eigenvalue weighted by Crippen LogP contribution is 2.61. The van der Waals surface area contributed by atoms with Crippen LogP contribution in [0.3, 0.4) is 0 Å². The first-order chi connectivity index (χ1) is 10.7. The van der Waals surface area contributed by atoms with Gasteiger partial charge in [-0.15, -0.1) is 0 Å². The summed E-state index contributed by atoms with van der Waals surface area (Å²) in [6.07, 6.45) is 1.67. The molecular formula is C16H24NO4P. The van der Waals surface area contributed by atoms with Crippen molar-refractivity contribution < 1.29 is 18.3 Å². The molecule has 2 heterocycles. The van der Waals surface area contributed by atoms with Crippen molar-refractivity contribution in [2.24, 2.45) is 0 Å². The van der Waals surface area contributed by atoms with E-state index in [1.54, 1.807) is 0 Å². The van der Waals surface area contributed by atoms with Crippen LogP contribution in [0.15, 0.2) is 30.3 Å². The van der Waals surface area contributed by atoms with Gasteiger partial charge < -0.3 is 13.8 Å². The highest BCUT2D eigenvalue weighted by Gasteiger charge is 2.52. The molecule has 0 aliphatic carbocycles. The quantitative estimate of drug-likeness (QED) is 0.745. The largest absolute Gasteiger partial charge is 0.361 e. The van der Waals surface area contributed by atoms with Gasteiger partial charge in [0.2, 0.25) is 0 Å². The van der Waals surface area contributed by atoms with Crippen LogP contribution in [0.1, 0.15) is 38.3 Å². The second-order valence-electron chi connectivity index (χ2n) is 5.60. The van der Waals surface area contributed by atoms with Crippen LogP contribution in [0, 0.1) is 0 Å². The molecule has 2 aliphatic heterocycles. The van der Waals surface area contributed by atoms with Crippen LogP contribution in [0.2, 0.25) is 0 Å². The van der Waals surface area contributed by atoms with E-state index in [1.165, 1.54) is 5.56 Å². The third-order valence-electron chi connectivity index (χ3n) is 4.32. The summed E-state index contributed by atoms with van der Waals surface area (Å²) in [7, 11) is -3.15. The number of ether oxygens (including phenoxy) is 1. The minimum Gasteiger partial charge on any atom is -0.361 e. The average molecular weight is 325 g/mol. The number of fused-ring (bicyclic) bond motifs is 1. The molecule has 122 valence electrons. The number of hydrogen-bond donors (Lipinski definition) is 0. The molecule has 3 atom stereocenters. The Morgan fingerprint density at radius 3 is 2.50 bits per heavy atom. The van der Waals surface area contributed by atoms with E-state index in [4.69, 9.17) is 13.8 Å². The molecule has 2 aliphatic rings.